The predicted octanol–water partition coefficient (Wildman–Crippen LogP) is 2.41. The van der Waals surface area contributed by atoms with Crippen molar-refractivity contribution >= 4 is 22.9 Å². The van der Waals surface area contributed by atoms with Crippen LogP contribution in [-0.4, -0.2) is 18.6 Å². The molecule has 0 bridgehead atoms. The molecule has 0 aliphatic carbocycles. The Balaban J connectivity index is 2.12. The van der Waals surface area contributed by atoms with Crippen molar-refractivity contribution in [1.29, 1.82) is 0 Å². The smallest absolute Gasteiger partial charge is 0.0931 e. The molecule has 2 heterocycles. The highest BCUT2D eigenvalue weighted by Gasteiger charge is 2.28. The van der Waals surface area contributed by atoms with E-state index in [4.69, 9.17) is 11.6 Å². The Morgan fingerprint density at radius 1 is 1.50 bits per heavy atom. The molecule has 2 nitrogen and oxygen atoms in total. The van der Waals surface area contributed by atoms with Crippen molar-refractivity contribution in [3.05, 3.63) is 21.3 Å². The molecular weight excluding hydrogens is 216 g/mol. The molecule has 14 heavy (non-hydrogen) atoms. The van der Waals surface area contributed by atoms with Crippen molar-refractivity contribution in [2.45, 2.75) is 25.4 Å². The van der Waals surface area contributed by atoms with E-state index in [9.17, 15) is 0 Å². The van der Waals surface area contributed by atoms with Crippen molar-refractivity contribution in [1.82, 2.24) is 10.6 Å². The molecule has 4 heteroatoms. The molecule has 2 N–H and O–H groups in total. The van der Waals surface area contributed by atoms with E-state index >= 15 is 0 Å². The summed E-state index contributed by atoms with van der Waals surface area (Å²) in [6.07, 6.45) is 0. The maximum absolute atomic E-state index is 5.92. The van der Waals surface area contributed by atoms with Gasteiger partial charge < -0.3 is 10.6 Å². The van der Waals surface area contributed by atoms with Crippen LogP contribution in [-0.2, 0) is 0 Å². The van der Waals surface area contributed by atoms with E-state index in [0.717, 1.165) is 17.4 Å². The number of thiophene rings is 1. The van der Waals surface area contributed by atoms with Crippen LogP contribution < -0.4 is 10.6 Å². The molecule has 1 aromatic heterocycles. The van der Waals surface area contributed by atoms with Gasteiger partial charge >= 0.3 is 0 Å². The number of halogens is 1. The van der Waals surface area contributed by atoms with E-state index in [1.54, 1.807) is 11.3 Å². The highest BCUT2D eigenvalue weighted by atomic mass is 35.5. The predicted molar refractivity (Wildman–Crippen MR) is 62.2 cm³/mol. The van der Waals surface area contributed by atoms with Crippen LogP contribution in [0.3, 0.4) is 0 Å². The van der Waals surface area contributed by atoms with Crippen molar-refractivity contribution < 1.29 is 0 Å². The van der Waals surface area contributed by atoms with E-state index in [1.807, 2.05) is 6.07 Å². The first-order valence-corrected chi connectivity index (χ1v) is 6.00. The molecule has 0 saturated carbocycles. The Hall–Kier alpha value is -0.0900. The molecule has 1 aromatic rings. The lowest BCUT2D eigenvalue weighted by molar-refractivity contribution is 0.267. The second kappa shape index (κ2) is 3.81. The second-order valence-electron chi connectivity index (χ2n) is 4.35. The van der Waals surface area contributed by atoms with Crippen molar-refractivity contribution in [2.24, 2.45) is 0 Å². The second-order valence-corrected chi connectivity index (χ2v) is 6.10. The Morgan fingerprint density at radius 3 is 2.86 bits per heavy atom. The standard InChI is InChI=1S/C10H15ClN2S/c1-10(2)6-12-5-7(13-10)8-3-4-9(11)14-8/h3-4,7,12-13H,5-6H2,1-2H3. The summed E-state index contributed by atoms with van der Waals surface area (Å²) in [5.41, 5.74) is 0.166. The zero-order valence-corrected chi connectivity index (χ0v) is 10.0. The van der Waals surface area contributed by atoms with Crippen LogP contribution in [0.4, 0.5) is 0 Å². The van der Waals surface area contributed by atoms with Gasteiger partial charge in [-0.25, -0.2) is 0 Å². The number of hydrogen-bond acceptors (Lipinski definition) is 3. The van der Waals surface area contributed by atoms with Gasteiger partial charge in [-0.1, -0.05) is 11.6 Å². The van der Waals surface area contributed by atoms with Gasteiger partial charge in [0, 0.05) is 23.5 Å². The Labute approximate surface area is 93.7 Å². The molecule has 0 aromatic carbocycles. The molecule has 1 saturated heterocycles. The number of nitrogens with one attached hydrogen (secondary N) is 2. The van der Waals surface area contributed by atoms with Crippen molar-refractivity contribution in [2.75, 3.05) is 13.1 Å². The first-order chi connectivity index (χ1) is 6.57. The zero-order chi connectivity index (χ0) is 10.2. The third kappa shape index (κ3) is 2.28. The van der Waals surface area contributed by atoms with Gasteiger partial charge in [-0.3, -0.25) is 0 Å². The van der Waals surface area contributed by atoms with Crippen LogP contribution in [0.1, 0.15) is 24.8 Å². The van der Waals surface area contributed by atoms with Crippen LogP contribution in [0.25, 0.3) is 0 Å². The molecule has 78 valence electrons. The van der Waals surface area contributed by atoms with Gasteiger partial charge in [-0.15, -0.1) is 11.3 Å². The normalized spacial score (nSPS) is 26.4. The summed E-state index contributed by atoms with van der Waals surface area (Å²) >= 11 is 7.58. The lowest BCUT2D eigenvalue weighted by atomic mass is 10.00. The molecule has 0 radical (unpaired) electrons. The maximum Gasteiger partial charge on any atom is 0.0931 e. The molecule has 1 aliphatic rings. The van der Waals surface area contributed by atoms with Gasteiger partial charge in [0.25, 0.3) is 0 Å². The van der Waals surface area contributed by atoms with E-state index in [1.165, 1.54) is 4.88 Å². The number of hydrogen-bond donors (Lipinski definition) is 2. The van der Waals surface area contributed by atoms with Gasteiger partial charge in [0.05, 0.1) is 10.4 Å². The highest BCUT2D eigenvalue weighted by molar-refractivity contribution is 7.16. The maximum atomic E-state index is 5.92. The van der Waals surface area contributed by atoms with Crippen LogP contribution in [0.2, 0.25) is 4.34 Å². The van der Waals surface area contributed by atoms with E-state index in [0.29, 0.717) is 6.04 Å². The lowest BCUT2D eigenvalue weighted by Crippen LogP contribution is -2.56. The average Bonchev–Trinajstić information content (AvgIpc) is 2.50. The summed E-state index contributed by atoms with van der Waals surface area (Å²) < 4.78 is 0.866. The molecular formula is C10H15ClN2S. The Morgan fingerprint density at radius 2 is 2.29 bits per heavy atom. The number of rotatable bonds is 1. The topological polar surface area (TPSA) is 24.1 Å². The summed E-state index contributed by atoms with van der Waals surface area (Å²) in [5, 5.41) is 7.05. The first kappa shape index (κ1) is 10.4. The van der Waals surface area contributed by atoms with Crippen LogP contribution >= 0.6 is 22.9 Å². The molecule has 0 amide bonds. The van der Waals surface area contributed by atoms with E-state index < -0.39 is 0 Å². The fourth-order valence-corrected chi connectivity index (χ4v) is 2.90. The Kier molecular flexibility index (Phi) is 2.84. The van der Waals surface area contributed by atoms with E-state index in [2.05, 4.69) is 30.5 Å². The molecule has 0 spiro atoms. The molecule has 1 fully saturated rings. The monoisotopic (exact) mass is 230 g/mol. The van der Waals surface area contributed by atoms with Crippen molar-refractivity contribution in [3.63, 3.8) is 0 Å². The summed E-state index contributed by atoms with van der Waals surface area (Å²) in [4.78, 5) is 1.32. The van der Waals surface area contributed by atoms with Crippen molar-refractivity contribution in [3.8, 4) is 0 Å². The minimum Gasteiger partial charge on any atom is -0.313 e. The zero-order valence-electron chi connectivity index (χ0n) is 8.43. The van der Waals surface area contributed by atoms with E-state index in [-0.39, 0.29) is 5.54 Å². The summed E-state index contributed by atoms with van der Waals surface area (Å²) in [6, 6.07) is 4.47. The molecule has 2 rings (SSSR count). The van der Waals surface area contributed by atoms with Gasteiger partial charge in [0.2, 0.25) is 0 Å². The fourth-order valence-electron chi connectivity index (χ4n) is 1.79. The minimum absolute atomic E-state index is 0.166. The molecule has 1 atom stereocenters. The van der Waals surface area contributed by atoms with Gasteiger partial charge in [0.15, 0.2) is 0 Å². The summed E-state index contributed by atoms with van der Waals surface area (Å²) in [7, 11) is 0. The summed E-state index contributed by atoms with van der Waals surface area (Å²) in [5.74, 6) is 0. The van der Waals surface area contributed by atoms with Gasteiger partial charge in [0.1, 0.15) is 0 Å². The average molecular weight is 231 g/mol. The molecule has 1 aliphatic heterocycles. The molecule has 1 unspecified atom stereocenters. The van der Waals surface area contributed by atoms with Crippen LogP contribution in [0.15, 0.2) is 12.1 Å². The highest BCUT2D eigenvalue weighted by Crippen LogP contribution is 2.29. The van der Waals surface area contributed by atoms with Crippen LogP contribution in [0, 0.1) is 0 Å². The minimum atomic E-state index is 0.166. The third-order valence-corrected chi connectivity index (χ3v) is 3.76. The summed E-state index contributed by atoms with van der Waals surface area (Å²) in [6.45, 7) is 6.42. The quantitative estimate of drug-likeness (QED) is 0.775. The third-order valence-electron chi connectivity index (χ3n) is 2.42. The lowest BCUT2D eigenvalue weighted by Gasteiger charge is -2.37. The SMILES string of the molecule is CC1(C)CNCC(c2ccc(Cl)s2)N1. The number of piperazine rings is 1. The van der Waals surface area contributed by atoms with Gasteiger partial charge in [-0.05, 0) is 26.0 Å². The Bertz CT molecular complexity index is 322. The largest absolute Gasteiger partial charge is 0.313 e. The van der Waals surface area contributed by atoms with Crippen LogP contribution in [0.5, 0.6) is 0 Å². The fraction of sp³-hybridized carbons (Fsp3) is 0.600. The first-order valence-electron chi connectivity index (χ1n) is 4.80. The van der Waals surface area contributed by atoms with Gasteiger partial charge in [-0.2, -0.15) is 0 Å².